The molecule has 3 saturated heterocycles. The van der Waals surface area contributed by atoms with Crippen molar-refractivity contribution in [3.05, 3.63) is 52.2 Å². The van der Waals surface area contributed by atoms with Crippen LogP contribution in [0.25, 0.3) is 22.3 Å². The van der Waals surface area contributed by atoms with Crippen LogP contribution in [0.1, 0.15) is 18.6 Å². The van der Waals surface area contributed by atoms with E-state index in [-0.39, 0.29) is 17.1 Å². The minimum atomic E-state index is -2.01. The van der Waals surface area contributed by atoms with Crippen LogP contribution < -0.4 is 10.2 Å². The highest BCUT2D eigenvalue weighted by molar-refractivity contribution is 5.88. The molecular weight excluding hydrogens is 700 g/mol. The standard InChI is InChI=1S/C33H40O19/c1-10-21(38)25(42)28(45)32(47-10)52-31-27(44)23(40)17(8-34)49-30(31)20-16(50-33-29(46)26(43)22(39)18(9-35)51-33)7-15-19(24(20)41)13(37)6-14(48-15)11-2-4-12(36)5-3-11/h2-7,10,17-18,21-23,25-36,38-46H,8-9H2,1H3/t10-,17+,18+,21-,22+,23+,25+,26-,27-,28+,29+,30-,31+,32+,33+/m0/s1. The molecule has 0 bridgehead atoms. The SMILES string of the molecule is C[C@@H]1O[C@H](O[C@@H]2[C@@H](O)[C@H](O)[C@@H](CO)O[C@H]2c2c(O[C@@H]3O[C@H](CO)[C@@H](O)[C@H](O)[C@H]3O)cc3oc(-c4ccc(O)cc4)cc(=O)c3c2O)[C@H](O)[C@H](O)[C@H]1O. The number of benzene rings is 2. The number of aliphatic hydroxyl groups excluding tert-OH is 10. The second-order valence-corrected chi connectivity index (χ2v) is 12.9. The zero-order valence-corrected chi connectivity index (χ0v) is 27.3. The first-order valence-electron chi connectivity index (χ1n) is 16.2. The first-order chi connectivity index (χ1) is 24.7. The second-order valence-electron chi connectivity index (χ2n) is 12.9. The van der Waals surface area contributed by atoms with Crippen molar-refractivity contribution in [3.8, 4) is 28.6 Å². The summed E-state index contributed by atoms with van der Waals surface area (Å²) >= 11 is 0. The molecule has 6 rings (SSSR count). The summed E-state index contributed by atoms with van der Waals surface area (Å²) in [5.41, 5.74) is -1.37. The lowest BCUT2D eigenvalue weighted by Crippen LogP contribution is -2.62. The van der Waals surface area contributed by atoms with Crippen LogP contribution in [0.5, 0.6) is 17.2 Å². The fraction of sp³-hybridized carbons (Fsp3) is 0.545. The summed E-state index contributed by atoms with van der Waals surface area (Å²) in [6.45, 7) is -0.384. The number of phenols is 2. The Morgan fingerprint density at radius 3 is 1.94 bits per heavy atom. The Bertz CT molecular complexity index is 1760. The van der Waals surface area contributed by atoms with Crippen molar-refractivity contribution < 1.29 is 89.4 Å². The molecule has 1 aromatic heterocycles. The molecule has 0 radical (unpaired) electrons. The van der Waals surface area contributed by atoms with E-state index in [0.29, 0.717) is 5.56 Å². The quantitative estimate of drug-likeness (QED) is 0.106. The van der Waals surface area contributed by atoms with Crippen molar-refractivity contribution >= 4 is 11.0 Å². The molecule has 52 heavy (non-hydrogen) atoms. The third-order valence-electron chi connectivity index (χ3n) is 9.49. The third-order valence-corrected chi connectivity index (χ3v) is 9.49. The monoisotopic (exact) mass is 740 g/mol. The minimum absolute atomic E-state index is 0.0317. The second kappa shape index (κ2) is 15.1. The molecule has 12 N–H and O–H groups in total. The molecule has 3 aromatic rings. The summed E-state index contributed by atoms with van der Waals surface area (Å²) in [6.07, 6.45) is -26.4. The van der Waals surface area contributed by atoms with Gasteiger partial charge in [-0.2, -0.15) is 0 Å². The van der Waals surface area contributed by atoms with Gasteiger partial charge in [0, 0.05) is 17.7 Å². The van der Waals surface area contributed by atoms with Gasteiger partial charge in [0.05, 0.1) is 24.9 Å². The molecule has 0 unspecified atom stereocenters. The molecule has 4 heterocycles. The van der Waals surface area contributed by atoms with Crippen molar-refractivity contribution in [2.45, 2.75) is 98.9 Å². The van der Waals surface area contributed by atoms with Gasteiger partial charge in [-0.05, 0) is 31.2 Å². The van der Waals surface area contributed by atoms with Crippen LogP contribution in [0, 0.1) is 0 Å². The number of aliphatic hydroxyl groups is 10. The Morgan fingerprint density at radius 2 is 1.29 bits per heavy atom. The lowest BCUT2D eigenvalue weighted by atomic mass is 9.89. The van der Waals surface area contributed by atoms with E-state index in [1.165, 1.54) is 31.2 Å². The van der Waals surface area contributed by atoms with Gasteiger partial charge in [0.1, 0.15) is 107 Å². The largest absolute Gasteiger partial charge is 0.508 e. The number of hydrogen-bond acceptors (Lipinski definition) is 19. The Morgan fingerprint density at radius 1 is 0.692 bits per heavy atom. The zero-order chi connectivity index (χ0) is 37.8. The highest BCUT2D eigenvalue weighted by Gasteiger charge is 2.52. The van der Waals surface area contributed by atoms with Crippen LogP contribution in [0.2, 0.25) is 0 Å². The summed E-state index contributed by atoms with van der Waals surface area (Å²) < 4.78 is 34.7. The van der Waals surface area contributed by atoms with Gasteiger partial charge in [0.15, 0.2) is 11.7 Å². The Labute approximate surface area is 293 Å². The van der Waals surface area contributed by atoms with Crippen LogP contribution in [-0.2, 0) is 18.9 Å². The van der Waals surface area contributed by atoms with Crippen LogP contribution in [0.15, 0.2) is 45.6 Å². The van der Waals surface area contributed by atoms with Gasteiger partial charge in [0.2, 0.25) is 6.29 Å². The van der Waals surface area contributed by atoms with Crippen LogP contribution in [-0.4, -0.2) is 160 Å². The molecule has 2 aromatic carbocycles. The van der Waals surface area contributed by atoms with E-state index in [0.717, 1.165) is 12.1 Å². The maximum absolute atomic E-state index is 13.6. The number of phenolic OH excluding ortho intramolecular Hbond substituents is 2. The average molecular weight is 741 g/mol. The van der Waals surface area contributed by atoms with Gasteiger partial charge in [-0.3, -0.25) is 4.79 Å². The van der Waals surface area contributed by atoms with Gasteiger partial charge in [-0.15, -0.1) is 0 Å². The summed E-state index contributed by atoms with van der Waals surface area (Å²) in [6, 6.07) is 7.63. The van der Waals surface area contributed by atoms with Gasteiger partial charge in [0.25, 0.3) is 0 Å². The van der Waals surface area contributed by atoms with E-state index in [2.05, 4.69) is 0 Å². The van der Waals surface area contributed by atoms with Crippen molar-refractivity contribution in [2.75, 3.05) is 13.2 Å². The molecule has 3 fully saturated rings. The number of aromatic hydroxyl groups is 2. The summed E-state index contributed by atoms with van der Waals surface area (Å²) in [5.74, 6) is -1.56. The predicted molar refractivity (Wildman–Crippen MR) is 170 cm³/mol. The molecule has 0 amide bonds. The van der Waals surface area contributed by atoms with Crippen LogP contribution >= 0.6 is 0 Å². The fourth-order valence-electron chi connectivity index (χ4n) is 6.48. The van der Waals surface area contributed by atoms with Gasteiger partial charge in [-0.1, -0.05) is 0 Å². The molecule has 3 aliphatic rings. The van der Waals surface area contributed by atoms with E-state index < -0.39 is 133 Å². The zero-order valence-electron chi connectivity index (χ0n) is 27.3. The maximum atomic E-state index is 13.6. The van der Waals surface area contributed by atoms with Crippen molar-refractivity contribution in [3.63, 3.8) is 0 Å². The molecule has 0 aliphatic carbocycles. The lowest BCUT2D eigenvalue weighted by Gasteiger charge is -2.46. The Balaban J connectivity index is 1.52. The summed E-state index contributed by atoms with van der Waals surface area (Å²) in [4.78, 5) is 13.6. The molecule has 0 saturated carbocycles. The topological polar surface area (TPSA) is 319 Å². The number of ether oxygens (including phenoxy) is 5. The van der Waals surface area contributed by atoms with E-state index >= 15 is 0 Å². The molecule has 3 aliphatic heterocycles. The first-order valence-corrected chi connectivity index (χ1v) is 16.2. The molecular formula is C33H40O19. The Kier molecular flexibility index (Phi) is 11.1. The van der Waals surface area contributed by atoms with E-state index in [1.54, 1.807) is 0 Å². The van der Waals surface area contributed by atoms with Gasteiger partial charge in [-0.25, -0.2) is 0 Å². The number of rotatable bonds is 8. The van der Waals surface area contributed by atoms with Crippen LogP contribution in [0.3, 0.4) is 0 Å². The van der Waals surface area contributed by atoms with Crippen molar-refractivity contribution in [1.29, 1.82) is 0 Å². The van der Waals surface area contributed by atoms with Crippen LogP contribution in [0.4, 0.5) is 0 Å². The lowest BCUT2D eigenvalue weighted by molar-refractivity contribution is -0.338. The highest BCUT2D eigenvalue weighted by atomic mass is 16.7. The van der Waals surface area contributed by atoms with E-state index in [1.807, 2.05) is 0 Å². The van der Waals surface area contributed by atoms with Crippen molar-refractivity contribution in [2.24, 2.45) is 0 Å². The summed E-state index contributed by atoms with van der Waals surface area (Å²) in [7, 11) is 0. The highest BCUT2D eigenvalue weighted by Crippen LogP contribution is 2.47. The first kappa shape index (κ1) is 38.2. The smallest absolute Gasteiger partial charge is 0.229 e. The number of hydrogen-bond donors (Lipinski definition) is 12. The Hall–Kier alpha value is -3.51. The molecule has 0 spiro atoms. The summed E-state index contributed by atoms with van der Waals surface area (Å²) in [5, 5.41) is 126. The normalized spacial score (nSPS) is 38.3. The average Bonchev–Trinajstić information content (AvgIpc) is 3.12. The molecule has 19 nitrogen and oxygen atoms in total. The van der Waals surface area contributed by atoms with E-state index in [9.17, 15) is 66.1 Å². The van der Waals surface area contributed by atoms with Gasteiger partial charge >= 0.3 is 0 Å². The maximum Gasteiger partial charge on any atom is 0.229 e. The minimum Gasteiger partial charge on any atom is -0.508 e. The molecule has 15 atom stereocenters. The number of fused-ring (bicyclic) bond motifs is 1. The fourth-order valence-corrected chi connectivity index (χ4v) is 6.48. The van der Waals surface area contributed by atoms with E-state index in [4.69, 9.17) is 28.1 Å². The third kappa shape index (κ3) is 6.85. The molecule has 286 valence electrons. The predicted octanol–water partition coefficient (Wildman–Crippen LogP) is -3.58. The molecule has 19 heteroatoms. The van der Waals surface area contributed by atoms with Crippen molar-refractivity contribution in [1.82, 2.24) is 0 Å². The van der Waals surface area contributed by atoms with Gasteiger partial charge < -0.3 is 89.4 Å².